The van der Waals surface area contributed by atoms with Crippen LogP contribution in [0.5, 0.6) is 5.75 Å². The smallest absolute Gasteiger partial charge is 0.274 e. The second kappa shape index (κ2) is 10.5. The molecular weight excluding hydrogens is 398 g/mol. The highest BCUT2D eigenvalue weighted by atomic mass is 32.1. The number of likely N-dealkylation sites (tertiary alicyclic amines) is 1. The summed E-state index contributed by atoms with van der Waals surface area (Å²) in [6.07, 6.45) is 12.2. The SMILES string of the molecule is O=C(c1nc2sccn2c1CNCCCOc1cccnc1)N1CCCCCCC1. The standard InChI is InChI=1S/C22H29N5O2S/c28-21(26-11-4-2-1-3-5-12-26)20-19(27-13-15-30-22(27)25-20)17-24-10-7-14-29-18-8-6-9-23-16-18/h6,8-9,13,15-16,24H,1-5,7,10-12,14,17H2. The van der Waals surface area contributed by atoms with Gasteiger partial charge in [0.2, 0.25) is 0 Å². The summed E-state index contributed by atoms with van der Waals surface area (Å²) >= 11 is 1.57. The minimum Gasteiger partial charge on any atom is -0.492 e. The van der Waals surface area contributed by atoms with E-state index in [9.17, 15) is 4.79 Å². The number of imidazole rings is 1. The Kier molecular flexibility index (Phi) is 7.31. The monoisotopic (exact) mass is 427 g/mol. The first-order valence-corrected chi connectivity index (χ1v) is 11.7. The normalized spacial score (nSPS) is 15.1. The Morgan fingerprint density at radius 2 is 2.03 bits per heavy atom. The molecule has 160 valence electrons. The Labute approximate surface area is 181 Å². The Balaban J connectivity index is 1.34. The molecule has 4 rings (SSSR count). The molecule has 3 aromatic rings. The maximum absolute atomic E-state index is 13.2. The molecule has 0 saturated carbocycles. The minimum atomic E-state index is 0.0736. The zero-order valence-electron chi connectivity index (χ0n) is 17.3. The van der Waals surface area contributed by atoms with Gasteiger partial charge in [0.05, 0.1) is 18.5 Å². The predicted octanol–water partition coefficient (Wildman–Crippen LogP) is 3.76. The van der Waals surface area contributed by atoms with Crippen LogP contribution in [0, 0.1) is 0 Å². The van der Waals surface area contributed by atoms with Crippen molar-refractivity contribution in [1.82, 2.24) is 24.6 Å². The molecule has 30 heavy (non-hydrogen) atoms. The summed E-state index contributed by atoms with van der Waals surface area (Å²) in [7, 11) is 0. The van der Waals surface area contributed by atoms with Gasteiger partial charge in [0.15, 0.2) is 10.7 Å². The van der Waals surface area contributed by atoms with Crippen LogP contribution in [0.2, 0.25) is 0 Å². The molecule has 0 bridgehead atoms. The van der Waals surface area contributed by atoms with Gasteiger partial charge in [0.1, 0.15) is 5.75 Å². The third-order valence-corrected chi connectivity index (χ3v) is 6.16. The lowest BCUT2D eigenvalue weighted by atomic mass is 10.1. The largest absolute Gasteiger partial charge is 0.492 e. The third-order valence-electron chi connectivity index (χ3n) is 5.40. The van der Waals surface area contributed by atoms with Crippen molar-refractivity contribution in [2.45, 2.75) is 45.1 Å². The van der Waals surface area contributed by atoms with Crippen LogP contribution in [-0.4, -0.2) is 51.4 Å². The molecule has 0 spiro atoms. The van der Waals surface area contributed by atoms with E-state index in [1.54, 1.807) is 23.7 Å². The number of pyridine rings is 1. The Bertz CT molecular complexity index is 932. The third kappa shape index (κ3) is 5.17. The van der Waals surface area contributed by atoms with Crippen LogP contribution >= 0.6 is 11.3 Å². The highest BCUT2D eigenvalue weighted by Gasteiger charge is 2.24. The Hall–Kier alpha value is -2.45. The molecule has 0 aliphatic carbocycles. The fraction of sp³-hybridized carbons (Fsp3) is 0.500. The molecule has 0 aromatic carbocycles. The summed E-state index contributed by atoms with van der Waals surface area (Å²) in [6, 6.07) is 3.77. The molecule has 1 amide bonds. The number of ether oxygens (including phenoxy) is 1. The first kappa shape index (κ1) is 20.8. The summed E-state index contributed by atoms with van der Waals surface area (Å²) in [4.78, 5) is 24.8. The van der Waals surface area contributed by atoms with Crippen LogP contribution in [0.1, 0.15) is 54.7 Å². The molecule has 3 aromatic heterocycles. The molecule has 1 aliphatic rings. The van der Waals surface area contributed by atoms with Gasteiger partial charge >= 0.3 is 0 Å². The van der Waals surface area contributed by atoms with E-state index >= 15 is 0 Å². The minimum absolute atomic E-state index is 0.0736. The quantitative estimate of drug-likeness (QED) is 0.554. The van der Waals surface area contributed by atoms with Gasteiger partial charge in [0, 0.05) is 37.4 Å². The molecule has 4 heterocycles. The van der Waals surface area contributed by atoms with Gasteiger partial charge in [-0.1, -0.05) is 19.3 Å². The maximum atomic E-state index is 13.2. The molecular formula is C22H29N5O2S. The van der Waals surface area contributed by atoms with Crippen molar-refractivity contribution in [3.05, 3.63) is 47.5 Å². The lowest BCUT2D eigenvalue weighted by Gasteiger charge is -2.24. The lowest BCUT2D eigenvalue weighted by Crippen LogP contribution is -2.35. The number of aromatic nitrogens is 3. The first-order chi connectivity index (χ1) is 14.8. The molecule has 0 atom stereocenters. The number of hydrogen-bond acceptors (Lipinski definition) is 6. The number of hydrogen-bond donors (Lipinski definition) is 1. The highest BCUT2D eigenvalue weighted by Crippen LogP contribution is 2.20. The summed E-state index contributed by atoms with van der Waals surface area (Å²) in [5, 5.41) is 5.47. The van der Waals surface area contributed by atoms with E-state index in [1.807, 2.05) is 33.0 Å². The van der Waals surface area contributed by atoms with Crippen LogP contribution in [0.15, 0.2) is 36.1 Å². The van der Waals surface area contributed by atoms with E-state index in [0.29, 0.717) is 18.8 Å². The zero-order valence-corrected chi connectivity index (χ0v) is 18.1. The molecule has 1 aliphatic heterocycles. The number of fused-ring (bicyclic) bond motifs is 1. The van der Waals surface area contributed by atoms with Crippen LogP contribution in [0.4, 0.5) is 0 Å². The summed E-state index contributed by atoms with van der Waals surface area (Å²) in [5.41, 5.74) is 1.55. The number of amides is 1. The molecule has 1 N–H and O–H groups in total. The Morgan fingerprint density at radius 3 is 2.83 bits per heavy atom. The van der Waals surface area contributed by atoms with Crippen molar-refractivity contribution in [2.75, 3.05) is 26.2 Å². The highest BCUT2D eigenvalue weighted by molar-refractivity contribution is 7.15. The van der Waals surface area contributed by atoms with E-state index in [4.69, 9.17) is 4.74 Å². The average Bonchev–Trinajstić information content (AvgIpc) is 3.33. The van der Waals surface area contributed by atoms with Gasteiger partial charge in [-0.15, -0.1) is 11.3 Å². The fourth-order valence-electron chi connectivity index (χ4n) is 3.80. The number of carbonyl (C=O) groups is 1. The second-order valence-corrected chi connectivity index (χ2v) is 8.46. The summed E-state index contributed by atoms with van der Waals surface area (Å²) in [6.45, 7) is 3.71. The van der Waals surface area contributed by atoms with Gasteiger partial charge < -0.3 is 15.0 Å². The zero-order chi connectivity index (χ0) is 20.6. The molecule has 0 unspecified atom stereocenters. The molecule has 1 fully saturated rings. The number of carbonyl (C=O) groups excluding carboxylic acids is 1. The fourth-order valence-corrected chi connectivity index (χ4v) is 4.53. The van der Waals surface area contributed by atoms with Gasteiger partial charge in [-0.05, 0) is 37.9 Å². The predicted molar refractivity (Wildman–Crippen MR) is 118 cm³/mol. The van der Waals surface area contributed by atoms with Crippen molar-refractivity contribution in [3.63, 3.8) is 0 Å². The van der Waals surface area contributed by atoms with Crippen LogP contribution in [0.3, 0.4) is 0 Å². The van der Waals surface area contributed by atoms with Crippen molar-refractivity contribution in [2.24, 2.45) is 0 Å². The summed E-state index contributed by atoms with van der Waals surface area (Å²) < 4.78 is 7.73. The van der Waals surface area contributed by atoms with E-state index in [0.717, 1.165) is 55.3 Å². The number of thiazole rings is 1. The van der Waals surface area contributed by atoms with E-state index < -0.39 is 0 Å². The van der Waals surface area contributed by atoms with Crippen LogP contribution in [-0.2, 0) is 6.54 Å². The van der Waals surface area contributed by atoms with Crippen molar-refractivity contribution in [3.8, 4) is 5.75 Å². The van der Waals surface area contributed by atoms with Crippen molar-refractivity contribution >= 4 is 22.2 Å². The van der Waals surface area contributed by atoms with Gasteiger partial charge in [-0.3, -0.25) is 14.2 Å². The molecule has 8 heteroatoms. The molecule has 1 saturated heterocycles. The maximum Gasteiger partial charge on any atom is 0.274 e. The van der Waals surface area contributed by atoms with Gasteiger partial charge in [-0.2, -0.15) is 0 Å². The Morgan fingerprint density at radius 1 is 1.20 bits per heavy atom. The van der Waals surface area contributed by atoms with Gasteiger partial charge in [-0.25, -0.2) is 4.98 Å². The number of nitrogens with one attached hydrogen (secondary N) is 1. The van der Waals surface area contributed by atoms with Crippen LogP contribution in [0.25, 0.3) is 4.96 Å². The lowest BCUT2D eigenvalue weighted by molar-refractivity contribution is 0.0735. The summed E-state index contributed by atoms with van der Waals surface area (Å²) in [5.74, 6) is 0.860. The molecule has 0 radical (unpaired) electrons. The van der Waals surface area contributed by atoms with E-state index in [2.05, 4.69) is 15.3 Å². The first-order valence-electron chi connectivity index (χ1n) is 10.8. The van der Waals surface area contributed by atoms with E-state index in [1.165, 1.54) is 19.3 Å². The number of nitrogens with zero attached hydrogens (tertiary/aromatic N) is 4. The van der Waals surface area contributed by atoms with Crippen molar-refractivity contribution < 1.29 is 9.53 Å². The second-order valence-electron chi connectivity index (χ2n) is 7.59. The average molecular weight is 428 g/mol. The topological polar surface area (TPSA) is 71.8 Å². The van der Waals surface area contributed by atoms with Crippen molar-refractivity contribution in [1.29, 1.82) is 0 Å². The van der Waals surface area contributed by atoms with E-state index in [-0.39, 0.29) is 5.91 Å². The number of rotatable bonds is 8. The van der Waals surface area contributed by atoms with Gasteiger partial charge in [0.25, 0.3) is 5.91 Å². The van der Waals surface area contributed by atoms with Crippen LogP contribution < -0.4 is 10.1 Å². The molecule has 7 nitrogen and oxygen atoms in total.